The van der Waals surface area contributed by atoms with E-state index in [2.05, 4.69) is 16.5 Å². The molecule has 0 aromatic carbocycles. The fraction of sp³-hybridized carbons (Fsp3) is 0.700. The highest BCUT2D eigenvalue weighted by Crippen LogP contribution is 2.27. The van der Waals surface area contributed by atoms with E-state index in [9.17, 15) is 0 Å². The molecule has 1 aliphatic rings. The van der Waals surface area contributed by atoms with E-state index in [4.69, 9.17) is 21.1 Å². The summed E-state index contributed by atoms with van der Waals surface area (Å²) in [7, 11) is 0. The number of halogens is 1. The van der Waals surface area contributed by atoms with E-state index in [1.807, 2.05) is 0 Å². The Labute approximate surface area is 94.1 Å². The number of hydrogen-bond donors (Lipinski definition) is 0. The molecule has 0 saturated carbocycles. The minimum Gasteiger partial charge on any atom is -0.344 e. The van der Waals surface area contributed by atoms with Crippen LogP contribution in [-0.4, -0.2) is 28.1 Å². The van der Waals surface area contributed by atoms with Crippen LogP contribution in [0.15, 0.2) is 12.5 Å². The van der Waals surface area contributed by atoms with Gasteiger partial charge in [-0.05, 0) is 6.42 Å². The van der Waals surface area contributed by atoms with Crippen LogP contribution in [0.4, 0.5) is 0 Å². The molecule has 0 radical (unpaired) electrons. The summed E-state index contributed by atoms with van der Waals surface area (Å²) in [6.45, 7) is 3.62. The van der Waals surface area contributed by atoms with Gasteiger partial charge in [0.25, 0.3) is 0 Å². The maximum absolute atomic E-state index is 5.71. The molecule has 0 bridgehead atoms. The van der Waals surface area contributed by atoms with Crippen molar-refractivity contribution in [2.75, 3.05) is 12.5 Å². The van der Waals surface area contributed by atoms with Crippen molar-refractivity contribution < 1.29 is 9.47 Å². The zero-order chi connectivity index (χ0) is 10.7. The van der Waals surface area contributed by atoms with Gasteiger partial charge in [0.15, 0.2) is 0 Å². The van der Waals surface area contributed by atoms with E-state index in [0.29, 0.717) is 12.5 Å². The van der Waals surface area contributed by atoms with Gasteiger partial charge in [0.2, 0.25) is 6.29 Å². The molecule has 0 amide bonds. The van der Waals surface area contributed by atoms with Gasteiger partial charge >= 0.3 is 0 Å². The molecule has 2 unspecified atom stereocenters. The second kappa shape index (κ2) is 4.96. The van der Waals surface area contributed by atoms with Crippen molar-refractivity contribution in [3.8, 4) is 0 Å². The average molecular weight is 231 g/mol. The van der Waals surface area contributed by atoms with Gasteiger partial charge < -0.3 is 14.0 Å². The molecular weight excluding hydrogens is 216 g/mol. The molecule has 5 heteroatoms. The summed E-state index contributed by atoms with van der Waals surface area (Å²) in [4.78, 5) is 4.11. The standard InChI is InChI=1S/C10H15ClN2O2/c1-2-3-13-7-12-5-9(13)10-14-6-8(4-11)15-10/h5,7-8,10H,2-4,6H2,1H3. The van der Waals surface area contributed by atoms with Crippen LogP contribution in [0.3, 0.4) is 0 Å². The second-order valence-corrected chi connectivity index (χ2v) is 3.90. The van der Waals surface area contributed by atoms with Gasteiger partial charge in [-0.3, -0.25) is 0 Å². The Kier molecular flexibility index (Phi) is 3.61. The molecule has 84 valence electrons. The highest BCUT2D eigenvalue weighted by molar-refractivity contribution is 6.18. The zero-order valence-corrected chi connectivity index (χ0v) is 9.48. The summed E-state index contributed by atoms with van der Waals surface area (Å²) in [6, 6.07) is 0. The lowest BCUT2D eigenvalue weighted by atomic mass is 10.4. The van der Waals surface area contributed by atoms with E-state index in [1.54, 1.807) is 12.5 Å². The number of aromatic nitrogens is 2. The van der Waals surface area contributed by atoms with Gasteiger partial charge in [0.05, 0.1) is 36.8 Å². The van der Waals surface area contributed by atoms with Gasteiger partial charge in [-0.2, -0.15) is 0 Å². The lowest BCUT2D eigenvalue weighted by Gasteiger charge is -2.12. The maximum atomic E-state index is 5.71. The van der Waals surface area contributed by atoms with Crippen LogP contribution >= 0.6 is 11.6 Å². The molecule has 1 aromatic heterocycles. The molecule has 2 heterocycles. The zero-order valence-electron chi connectivity index (χ0n) is 8.73. The Balaban J connectivity index is 2.06. The predicted octanol–water partition coefficient (Wildman–Crippen LogP) is 1.95. The topological polar surface area (TPSA) is 36.3 Å². The summed E-state index contributed by atoms with van der Waals surface area (Å²) >= 11 is 5.71. The first-order valence-electron chi connectivity index (χ1n) is 5.18. The molecule has 1 aliphatic heterocycles. The number of ether oxygens (including phenoxy) is 2. The van der Waals surface area contributed by atoms with Crippen molar-refractivity contribution in [2.45, 2.75) is 32.3 Å². The van der Waals surface area contributed by atoms with Crippen LogP contribution in [0.1, 0.15) is 25.3 Å². The van der Waals surface area contributed by atoms with Crippen LogP contribution in [-0.2, 0) is 16.0 Å². The quantitative estimate of drug-likeness (QED) is 0.742. The Bertz CT molecular complexity index is 316. The van der Waals surface area contributed by atoms with Crippen LogP contribution < -0.4 is 0 Å². The number of rotatable bonds is 4. The third-order valence-electron chi connectivity index (χ3n) is 2.37. The lowest BCUT2D eigenvalue weighted by Crippen LogP contribution is -2.12. The predicted molar refractivity (Wildman–Crippen MR) is 56.8 cm³/mol. The number of alkyl halides is 1. The Morgan fingerprint density at radius 3 is 3.20 bits per heavy atom. The van der Waals surface area contributed by atoms with Crippen molar-refractivity contribution in [1.82, 2.24) is 9.55 Å². The van der Waals surface area contributed by atoms with Crippen LogP contribution in [0.2, 0.25) is 0 Å². The largest absolute Gasteiger partial charge is 0.344 e. The van der Waals surface area contributed by atoms with Gasteiger partial charge in [-0.15, -0.1) is 11.6 Å². The van der Waals surface area contributed by atoms with Crippen LogP contribution in [0.25, 0.3) is 0 Å². The number of nitrogens with zero attached hydrogens (tertiary/aromatic N) is 2. The Morgan fingerprint density at radius 2 is 2.53 bits per heavy atom. The van der Waals surface area contributed by atoms with E-state index in [0.717, 1.165) is 18.7 Å². The van der Waals surface area contributed by atoms with Crippen molar-refractivity contribution in [3.05, 3.63) is 18.2 Å². The second-order valence-electron chi connectivity index (χ2n) is 3.59. The van der Waals surface area contributed by atoms with Crippen molar-refractivity contribution in [2.24, 2.45) is 0 Å². The average Bonchev–Trinajstić information content (AvgIpc) is 2.85. The maximum Gasteiger partial charge on any atom is 0.201 e. The Morgan fingerprint density at radius 1 is 1.67 bits per heavy atom. The van der Waals surface area contributed by atoms with Gasteiger partial charge in [-0.25, -0.2) is 4.98 Å². The summed E-state index contributed by atoms with van der Waals surface area (Å²) in [5, 5.41) is 0. The van der Waals surface area contributed by atoms with E-state index < -0.39 is 0 Å². The molecule has 0 N–H and O–H groups in total. The van der Waals surface area contributed by atoms with Crippen molar-refractivity contribution in [3.63, 3.8) is 0 Å². The lowest BCUT2D eigenvalue weighted by molar-refractivity contribution is -0.0620. The summed E-state index contributed by atoms with van der Waals surface area (Å²) < 4.78 is 13.2. The molecule has 2 atom stereocenters. The van der Waals surface area contributed by atoms with Crippen LogP contribution in [0, 0.1) is 0 Å². The van der Waals surface area contributed by atoms with E-state index >= 15 is 0 Å². The first-order chi connectivity index (χ1) is 7.35. The van der Waals surface area contributed by atoms with E-state index in [-0.39, 0.29) is 12.4 Å². The molecule has 2 rings (SSSR count). The number of imidazole rings is 1. The molecule has 0 aliphatic carbocycles. The number of aryl methyl sites for hydroxylation is 1. The molecule has 0 spiro atoms. The van der Waals surface area contributed by atoms with Crippen molar-refractivity contribution >= 4 is 11.6 Å². The summed E-state index contributed by atoms with van der Waals surface area (Å²) in [6.07, 6.45) is 4.36. The molecular formula is C10H15ClN2O2. The van der Waals surface area contributed by atoms with Gasteiger partial charge in [0.1, 0.15) is 0 Å². The smallest absolute Gasteiger partial charge is 0.201 e. The molecule has 15 heavy (non-hydrogen) atoms. The third-order valence-corrected chi connectivity index (χ3v) is 2.72. The first kappa shape index (κ1) is 10.9. The highest BCUT2D eigenvalue weighted by atomic mass is 35.5. The monoisotopic (exact) mass is 230 g/mol. The normalized spacial score (nSPS) is 26.0. The van der Waals surface area contributed by atoms with Crippen LogP contribution in [0.5, 0.6) is 0 Å². The van der Waals surface area contributed by atoms with Gasteiger partial charge in [-0.1, -0.05) is 6.92 Å². The third kappa shape index (κ3) is 2.33. The Hall–Kier alpha value is -0.580. The highest BCUT2D eigenvalue weighted by Gasteiger charge is 2.28. The summed E-state index contributed by atoms with van der Waals surface area (Å²) in [5.41, 5.74) is 0.976. The number of hydrogen-bond acceptors (Lipinski definition) is 3. The fourth-order valence-electron chi connectivity index (χ4n) is 1.64. The van der Waals surface area contributed by atoms with Gasteiger partial charge in [0, 0.05) is 6.54 Å². The minimum absolute atomic E-state index is 0.00152. The van der Waals surface area contributed by atoms with E-state index in [1.165, 1.54) is 0 Å². The SMILES string of the molecule is CCCn1cncc1C1OCC(CCl)O1. The summed E-state index contributed by atoms with van der Waals surface area (Å²) in [5.74, 6) is 0.471. The molecule has 4 nitrogen and oxygen atoms in total. The molecule has 1 saturated heterocycles. The minimum atomic E-state index is -0.303. The fourth-order valence-corrected chi connectivity index (χ4v) is 1.80. The van der Waals surface area contributed by atoms with Crippen molar-refractivity contribution in [1.29, 1.82) is 0 Å². The molecule has 1 fully saturated rings. The first-order valence-corrected chi connectivity index (χ1v) is 5.71. The molecule has 1 aromatic rings.